The van der Waals surface area contributed by atoms with Crippen LogP contribution in [0.15, 0.2) is 89.5 Å². The van der Waals surface area contributed by atoms with Crippen LogP contribution in [0.25, 0.3) is 0 Å². The Balaban J connectivity index is 1.39. The van der Waals surface area contributed by atoms with Crippen LogP contribution in [0.3, 0.4) is 0 Å². The molecule has 0 saturated carbocycles. The summed E-state index contributed by atoms with van der Waals surface area (Å²) in [7, 11) is 1.42. The fourth-order valence-electron chi connectivity index (χ4n) is 3.90. The molecule has 0 saturated heterocycles. The van der Waals surface area contributed by atoms with E-state index in [1.54, 1.807) is 18.2 Å². The largest absolute Gasteiger partial charge is 0.514 e. The van der Waals surface area contributed by atoms with Crippen LogP contribution in [0.5, 0.6) is 11.5 Å². The molecule has 0 aliphatic carbocycles. The van der Waals surface area contributed by atoms with Crippen LogP contribution < -0.4 is 25.6 Å². The van der Waals surface area contributed by atoms with Crippen LogP contribution in [0.1, 0.15) is 16.7 Å². The SMILES string of the molecule is COc1cc(C[C@H](NC(=O)OCc2ccccc2)C(=O)NCC2C=C(Br)NO2)ccc1OC(=O)OCc1ccccc1. The second-order valence-corrected chi connectivity index (χ2v) is 9.95. The molecule has 0 spiro atoms. The topological polar surface area (TPSA) is 133 Å². The van der Waals surface area contributed by atoms with Gasteiger partial charge in [-0.25, -0.2) is 9.59 Å². The van der Waals surface area contributed by atoms with Gasteiger partial charge in [0.25, 0.3) is 0 Å². The van der Waals surface area contributed by atoms with E-state index in [-0.39, 0.29) is 37.7 Å². The van der Waals surface area contributed by atoms with Gasteiger partial charge in [0.05, 0.1) is 13.7 Å². The molecule has 220 valence electrons. The molecule has 1 aliphatic heterocycles. The summed E-state index contributed by atoms with van der Waals surface area (Å²) in [5.41, 5.74) is 4.90. The van der Waals surface area contributed by atoms with Crippen LogP contribution in [0, 0.1) is 0 Å². The summed E-state index contributed by atoms with van der Waals surface area (Å²) in [4.78, 5) is 43.3. The number of ether oxygens (including phenoxy) is 4. The third-order valence-corrected chi connectivity index (χ3v) is 6.43. The van der Waals surface area contributed by atoms with E-state index in [1.807, 2.05) is 60.7 Å². The number of benzene rings is 3. The van der Waals surface area contributed by atoms with Crippen molar-refractivity contribution < 1.29 is 38.2 Å². The number of hydrogen-bond donors (Lipinski definition) is 3. The van der Waals surface area contributed by atoms with Crippen molar-refractivity contribution in [3.05, 3.63) is 106 Å². The van der Waals surface area contributed by atoms with Gasteiger partial charge >= 0.3 is 12.2 Å². The number of carbonyl (C=O) groups is 3. The highest BCUT2D eigenvalue weighted by atomic mass is 79.9. The van der Waals surface area contributed by atoms with Crippen LogP contribution in [0.4, 0.5) is 9.59 Å². The maximum Gasteiger partial charge on any atom is 0.514 e. The lowest BCUT2D eigenvalue weighted by molar-refractivity contribution is -0.123. The zero-order chi connectivity index (χ0) is 29.7. The molecule has 2 amide bonds. The van der Waals surface area contributed by atoms with Gasteiger partial charge in [-0.2, -0.15) is 0 Å². The average Bonchev–Trinajstić information content (AvgIpc) is 3.44. The Morgan fingerprint density at radius 2 is 1.57 bits per heavy atom. The summed E-state index contributed by atoms with van der Waals surface area (Å²) < 4.78 is 21.9. The third kappa shape index (κ3) is 9.53. The Labute approximate surface area is 251 Å². The van der Waals surface area contributed by atoms with E-state index in [0.29, 0.717) is 10.2 Å². The lowest BCUT2D eigenvalue weighted by Crippen LogP contribution is -2.49. The first kappa shape index (κ1) is 30.4. The molecule has 0 radical (unpaired) electrons. The van der Waals surface area contributed by atoms with Crippen LogP contribution in [0.2, 0.25) is 0 Å². The molecular weight excluding hydrogens is 610 g/mol. The van der Waals surface area contributed by atoms with Crippen molar-refractivity contribution >= 4 is 34.1 Å². The number of carbonyl (C=O) groups excluding carboxylic acids is 3. The van der Waals surface area contributed by atoms with Gasteiger partial charge in [0, 0.05) is 6.42 Å². The molecule has 1 heterocycles. The maximum absolute atomic E-state index is 13.1. The number of halogens is 1. The highest BCUT2D eigenvalue weighted by Gasteiger charge is 2.25. The minimum Gasteiger partial charge on any atom is -0.493 e. The number of alkyl carbamates (subject to hydrolysis) is 1. The molecule has 0 aromatic heterocycles. The first-order valence-electron chi connectivity index (χ1n) is 13.0. The van der Waals surface area contributed by atoms with Gasteiger partial charge < -0.3 is 29.6 Å². The average molecular weight is 640 g/mol. The van der Waals surface area contributed by atoms with Gasteiger partial charge in [-0.15, -0.1) is 0 Å². The normalized spacial score (nSPS) is 14.5. The number of hydrogen-bond acceptors (Lipinski definition) is 9. The van der Waals surface area contributed by atoms with Gasteiger partial charge in [0.1, 0.15) is 30.0 Å². The number of rotatable bonds is 12. The second kappa shape index (κ2) is 15.5. The molecule has 42 heavy (non-hydrogen) atoms. The van der Waals surface area contributed by atoms with E-state index >= 15 is 0 Å². The Bertz CT molecular complexity index is 1390. The Kier molecular flexibility index (Phi) is 11.2. The number of hydroxylamine groups is 1. The minimum atomic E-state index is -0.998. The van der Waals surface area contributed by atoms with Gasteiger partial charge in [-0.05, 0) is 50.8 Å². The van der Waals surface area contributed by atoms with Crippen molar-refractivity contribution in [2.24, 2.45) is 0 Å². The molecule has 1 unspecified atom stereocenters. The van der Waals surface area contributed by atoms with E-state index in [2.05, 4.69) is 32.0 Å². The Morgan fingerprint density at radius 3 is 2.19 bits per heavy atom. The van der Waals surface area contributed by atoms with Crippen molar-refractivity contribution in [1.82, 2.24) is 16.1 Å². The van der Waals surface area contributed by atoms with Crippen LogP contribution in [-0.2, 0) is 38.7 Å². The number of methoxy groups -OCH3 is 1. The predicted octanol–water partition coefficient (Wildman–Crippen LogP) is 4.50. The number of amides is 2. The zero-order valence-corrected chi connectivity index (χ0v) is 24.3. The molecule has 12 heteroatoms. The molecule has 2 atom stereocenters. The summed E-state index contributed by atoms with van der Waals surface area (Å²) in [6, 6.07) is 22.2. The first-order chi connectivity index (χ1) is 20.4. The highest BCUT2D eigenvalue weighted by molar-refractivity contribution is 9.11. The standard InChI is InChI=1S/C30H30BrN3O8/c1-38-26-15-22(12-13-25(26)41-30(37)40-19-21-10-6-3-7-11-21)14-24(28(35)32-17-23-16-27(31)34-42-23)33-29(36)39-18-20-8-4-2-5-9-20/h2-13,15-16,23-24,34H,14,17-19H2,1H3,(H,32,35)(H,33,36)/t23?,24-/m0/s1. The molecule has 3 aromatic carbocycles. The summed E-state index contributed by atoms with van der Waals surface area (Å²) >= 11 is 3.27. The van der Waals surface area contributed by atoms with Crippen molar-refractivity contribution in [3.63, 3.8) is 0 Å². The fourth-order valence-corrected chi connectivity index (χ4v) is 4.29. The van der Waals surface area contributed by atoms with E-state index in [4.69, 9.17) is 23.8 Å². The van der Waals surface area contributed by atoms with E-state index in [1.165, 1.54) is 13.2 Å². The molecule has 4 rings (SSSR count). The summed E-state index contributed by atoms with van der Waals surface area (Å²) in [6.07, 6.45) is -0.203. The van der Waals surface area contributed by atoms with E-state index < -0.39 is 30.3 Å². The monoisotopic (exact) mass is 639 g/mol. The lowest BCUT2D eigenvalue weighted by Gasteiger charge is -2.20. The van der Waals surface area contributed by atoms with Gasteiger partial charge in [-0.1, -0.05) is 66.7 Å². The molecule has 3 N–H and O–H groups in total. The number of nitrogens with one attached hydrogen (secondary N) is 3. The van der Waals surface area contributed by atoms with Crippen LogP contribution in [-0.4, -0.2) is 44.0 Å². The van der Waals surface area contributed by atoms with Crippen molar-refractivity contribution in [1.29, 1.82) is 0 Å². The third-order valence-electron chi connectivity index (χ3n) is 6.00. The molecule has 11 nitrogen and oxygen atoms in total. The first-order valence-corrected chi connectivity index (χ1v) is 13.8. The Hall–Kier alpha value is -4.55. The van der Waals surface area contributed by atoms with Crippen molar-refractivity contribution in [2.75, 3.05) is 13.7 Å². The molecule has 0 bridgehead atoms. The van der Waals surface area contributed by atoms with Crippen molar-refractivity contribution in [3.8, 4) is 11.5 Å². The lowest BCUT2D eigenvalue weighted by atomic mass is 10.0. The quantitative estimate of drug-likeness (QED) is 0.149. The molecular formula is C30H30BrN3O8. The smallest absolute Gasteiger partial charge is 0.493 e. The zero-order valence-electron chi connectivity index (χ0n) is 22.7. The molecule has 1 aliphatic rings. The summed E-state index contributed by atoms with van der Waals surface area (Å²) in [5, 5.41) is 5.42. The van der Waals surface area contributed by atoms with E-state index in [0.717, 1.165) is 11.1 Å². The van der Waals surface area contributed by atoms with E-state index in [9.17, 15) is 14.4 Å². The maximum atomic E-state index is 13.1. The second-order valence-electron chi connectivity index (χ2n) is 9.09. The van der Waals surface area contributed by atoms with Crippen LogP contribution >= 0.6 is 15.9 Å². The molecule has 0 fully saturated rings. The predicted molar refractivity (Wildman–Crippen MR) is 156 cm³/mol. The van der Waals surface area contributed by atoms with Gasteiger partial charge in [0.2, 0.25) is 5.91 Å². The summed E-state index contributed by atoms with van der Waals surface area (Å²) in [6.45, 7) is 0.263. The van der Waals surface area contributed by atoms with Crippen molar-refractivity contribution in [2.45, 2.75) is 31.8 Å². The fraction of sp³-hybridized carbons (Fsp3) is 0.233. The minimum absolute atomic E-state index is 0.0433. The van der Waals surface area contributed by atoms with Gasteiger partial charge in [0.15, 0.2) is 11.5 Å². The molecule has 3 aromatic rings. The van der Waals surface area contributed by atoms with Gasteiger partial charge in [-0.3, -0.25) is 15.1 Å². The summed E-state index contributed by atoms with van der Waals surface area (Å²) in [5.74, 6) is -0.0651. The highest BCUT2D eigenvalue weighted by Crippen LogP contribution is 2.29. The Morgan fingerprint density at radius 1 is 0.905 bits per heavy atom.